The Balaban J connectivity index is 2.95. The summed E-state index contributed by atoms with van der Waals surface area (Å²) in [7, 11) is 0. The fraction of sp³-hybridized carbons (Fsp3) is 0.333. The molecule has 0 aliphatic carbocycles. The third kappa shape index (κ3) is 2.42. The molecule has 5 heteroatoms. The number of ether oxygens (including phenoxy) is 1. The largest absolute Gasteiger partial charge is 0.473 e. The van der Waals surface area contributed by atoms with E-state index in [1.54, 1.807) is 13.8 Å². The molecule has 0 saturated heterocycles. The van der Waals surface area contributed by atoms with Crippen LogP contribution in [0.15, 0.2) is 12.3 Å². The van der Waals surface area contributed by atoms with Gasteiger partial charge in [-0.2, -0.15) is 0 Å². The summed E-state index contributed by atoms with van der Waals surface area (Å²) >= 11 is 0. The molecule has 2 N–H and O–H groups in total. The minimum absolute atomic E-state index is 0.0265. The van der Waals surface area contributed by atoms with Gasteiger partial charge in [0.25, 0.3) is 5.88 Å². The van der Waals surface area contributed by atoms with E-state index in [-0.39, 0.29) is 17.5 Å². The third-order valence-corrected chi connectivity index (χ3v) is 1.44. The molecule has 0 unspecified atom stereocenters. The van der Waals surface area contributed by atoms with Crippen LogP contribution in [0.3, 0.4) is 0 Å². The second kappa shape index (κ2) is 4.04. The van der Waals surface area contributed by atoms with Gasteiger partial charge in [-0.3, -0.25) is 4.79 Å². The number of rotatable bonds is 3. The molecule has 1 heterocycles. The molecule has 4 nitrogen and oxygen atoms in total. The van der Waals surface area contributed by atoms with Gasteiger partial charge in [-0.1, -0.05) is 0 Å². The molecule has 0 bridgehead atoms. The Labute approximate surface area is 80.9 Å². The molecule has 0 saturated carbocycles. The summed E-state index contributed by atoms with van der Waals surface area (Å²) in [5.74, 6) is -1.52. The van der Waals surface area contributed by atoms with Crippen LogP contribution in [0, 0.1) is 5.82 Å². The third-order valence-electron chi connectivity index (χ3n) is 1.44. The molecular formula is C9H11FN2O2. The van der Waals surface area contributed by atoms with Gasteiger partial charge < -0.3 is 10.5 Å². The highest BCUT2D eigenvalue weighted by atomic mass is 19.1. The molecule has 1 aromatic heterocycles. The van der Waals surface area contributed by atoms with E-state index < -0.39 is 11.7 Å². The Morgan fingerprint density at radius 1 is 1.64 bits per heavy atom. The zero-order valence-corrected chi connectivity index (χ0v) is 7.95. The highest BCUT2D eigenvalue weighted by Gasteiger charge is 2.10. The first-order valence-corrected chi connectivity index (χ1v) is 4.12. The average molecular weight is 198 g/mol. The topological polar surface area (TPSA) is 65.2 Å². The van der Waals surface area contributed by atoms with Crippen molar-refractivity contribution < 1.29 is 13.9 Å². The molecule has 0 atom stereocenters. The van der Waals surface area contributed by atoms with Gasteiger partial charge in [-0.25, -0.2) is 9.37 Å². The van der Waals surface area contributed by atoms with Crippen LogP contribution < -0.4 is 10.5 Å². The molecule has 1 rings (SSSR count). The van der Waals surface area contributed by atoms with Gasteiger partial charge in [0.1, 0.15) is 0 Å². The van der Waals surface area contributed by atoms with E-state index >= 15 is 0 Å². The van der Waals surface area contributed by atoms with Gasteiger partial charge in [-0.15, -0.1) is 0 Å². The fourth-order valence-electron chi connectivity index (χ4n) is 0.870. The highest BCUT2D eigenvalue weighted by molar-refractivity contribution is 5.92. The predicted molar refractivity (Wildman–Crippen MR) is 48.5 cm³/mol. The van der Waals surface area contributed by atoms with Gasteiger partial charge in [0, 0.05) is 6.20 Å². The van der Waals surface area contributed by atoms with E-state index in [0.717, 1.165) is 6.07 Å². The van der Waals surface area contributed by atoms with Crippen molar-refractivity contribution >= 4 is 5.91 Å². The number of carbonyl (C=O) groups excluding carboxylic acids is 1. The van der Waals surface area contributed by atoms with Crippen LogP contribution in [-0.2, 0) is 0 Å². The highest BCUT2D eigenvalue weighted by Crippen LogP contribution is 2.15. The molecule has 76 valence electrons. The maximum atomic E-state index is 13.2. The maximum Gasteiger partial charge on any atom is 0.250 e. The number of nitrogens with two attached hydrogens (primary N) is 1. The number of pyridine rings is 1. The summed E-state index contributed by atoms with van der Waals surface area (Å²) in [6.07, 6.45) is 1.01. The van der Waals surface area contributed by atoms with Crippen LogP contribution in [0.1, 0.15) is 24.2 Å². The number of halogens is 1. The van der Waals surface area contributed by atoms with Crippen molar-refractivity contribution in [3.63, 3.8) is 0 Å². The average Bonchev–Trinajstić information content (AvgIpc) is 2.07. The first-order valence-electron chi connectivity index (χ1n) is 4.12. The zero-order chi connectivity index (χ0) is 10.7. The van der Waals surface area contributed by atoms with Crippen LogP contribution in [-0.4, -0.2) is 17.0 Å². The number of amides is 1. The second-order valence-electron chi connectivity index (χ2n) is 3.04. The van der Waals surface area contributed by atoms with Crippen molar-refractivity contribution in [2.45, 2.75) is 20.0 Å². The lowest BCUT2D eigenvalue weighted by Crippen LogP contribution is -2.13. The van der Waals surface area contributed by atoms with Gasteiger partial charge in [0.15, 0.2) is 5.82 Å². The van der Waals surface area contributed by atoms with Crippen LogP contribution in [0.5, 0.6) is 5.88 Å². The predicted octanol–water partition coefficient (Wildman–Crippen LogP) is 1.11. The lowest BCUT2D eigenvalue weighted by Gasteiger charge is -2.09. The first-order chi connectivity index (χ1) is 6.50. The van der Waals surface area contributed by atoms with E-state index in [4.69, 9.17) is 10.5 Å². The number of carbonyl (C=O) groups is 1. The van der Waals surface area contributed by atoms with Crippen LogP contribution in [0.4, 0.5) is 4.39 Å². The number of hydrogen-bond acceptors (Lipinski definition) is 3. The quantitative estimate of drug-likeness (QED) is 0.791. The number of hydrogen-bond donors (Lipinski definition) is 1. The van der Waals surface area contributed by atoms with Crippen molar-refractivity contribution in [1.82, 2.24) is 4.98 Å². The van der Waals surface area contributed by atoms with Crippen molar-refractivity contribution in [2.24, 2.45) is 5.73 Å². The Morgan fingerprint density at radius 3 is 2.71 bits per heavy atom. The second-order valence-corrected chi connectivity index (χ2v) is 3.04. The molecule has 1 aromatic rings. The van der Waals surface area contributed by atoms with E-state index in [0.29, 0.717) is 0 Å². The smallest absolute Gasteiger partial charge is 0.250 e. The van der Waals surface area contributed by atoms with Crippen LogP contribution in [0.2, 0.25) is 0 Å². The van der Waals surface area contributed by atoms with Gasteiger partial charge in [0.2, 0.25) is 5.91 Å². The Kier molecular flexibility index (Phi) is 3.01. The van der Waals surface area contributed by atoms with Gasteiger partial charge in [-0.05, 0) is 19.9 Å². The van der Waals surface area contributed by atoms with E-state index in [1.807, 2.05) is 0 Å². The van der Waals surface area contributed by atoms with E-state index in [1.165, 1.54) is 6.20 Å². The Bertz CT molecular complexity index is 353. The molecule has 14 heavy (non-hydrogen) atoms. The summed E-state index contributed by atoms with van der Waals surface area (Å²) in [6, 6.07) is 1.01. The van der Waals surface area contributed by atoms with Crippen LogP contribution in [0.25, 0.3) is 0 Å². The lowest BCUT2D eigenvalue weighted by atomic mass is 10.3. The van der Waals surface area contributed by atoms with Gasteiger partial charge in [0.05, 0.1) is 11.7 Å². The normalized spacial score (nSPS) is 10.3. The molecule has 0 spiro atoms. The van der Waals surface area contributed by atoms with Crippen molar-refractivity contribution in [2.75, 3.05) is 0 Å². The number of primary amides is 1. The van der Waals surface area contributed by atoms with Crippen molar-refractivity contribution in [3.8, 4) is 5.88 Å². The molecule has 0 aromatic carbocycles. The van der Waals surface area contributed by atoms with E-state index in [2.05, 4.69) is 4.98 Å². The molecule has 0 fully saturated rings. The first kappa shape index (κ1) is 10.4. The summed E-state index contributed by atoms with van der Waals surface area (Å²) in [5.41, 5.74) is 4.97. The zero-order valence-electron chi connectivity index (χ0n) is 7.95. The molecule has 0 aliphatic heterocycles. The molecule has 0 radical (unpaired) electrons. The summed E-state index contributed by atoms with van der Waals surface area (Å²) in [4.78, 5) is 14.3. The SMILES string of the molecule is CC(C)Oc1ncc(C(N)=O)cc1F. The minimum Gasteiger partial charge on any atom is -0.473 e. The number of aromatic nitrogens is 1. The molecular weight excluding hydrogens is 187 g/mol. The Hall–Kier alpha value is -1.65. The fourth-order valence-corrected chi connectivity index (χ4v) is 0.870. The van der Waals surface area contributed by atoms with Crippen molar-refractivity contribution in [3.05, 3.63) is 23.6 Å². The Morgan fingerprint density at radius 2 is 2.29 bits per heavy atom. The maximum absolute atomic E-state index is 13.2. The monoisotopic (exact) mass is 198 g/mol. The summed E-state index contributed by atoms with van der Waals surface area (Å²) in [5, 5.41) is 0. The molecule has 0 aliphatic rings. The van der Waals surface area contributed by atoms with Crippen LogP contribution >= 0.6 is 0 Å². The summed E-state index contributed by atoms with van der Waals surface area (Å²) < 4.78 is 18.2. The minimum atomic E-state index is -0.715. The lowest BCUT2D eigenvalue weighted by molar-refractivity contribution is 0.0999. The molecule has 1 amide bonds. The standard InChI is InChI=1S/C9H11FN2O2/c1-5(2)14-9-7(10)3-6(4-12-9)8(11)13/h3-5H,1-2H3,(H2,11,13). The van der Waals surface area contributed by atoms with Gasteiger partial charge >= 0.3 is 0 Å². The number of nitrogens with zero attached hydrogens (tertiary/aromatic N) is 1. The van der Waals surface area contributed by atoms with Crippen molar-refractivity contribution in [1.29, 1.82) is 0 Å². The summed E-state index contributed by atoms with van der Waals surface area (Å²) in [6.45, 7) is 3.51. The van der Waals surface area contributed by atoms with E-state index in [9.17, 15) is 9.18 Å².